The first-order valence-corrected chi connectivity index (χ1v) is 12.2. The van der Waals surface area contributed by atoms with E-state index in [9.17, 15) is 8.78 Å². The molecule has 1 aromatic rings. The monoisotopic (exact) mass is 413 g/mol. The maximum Gasteiger partial charge on any atom is 0.141 e. The summed E-state index contributed by atoms with van der Waals surface area (Å²) < 4.78 is 25.9. The minimum Gasteiger partial charge on any atom is -0.216 e. The molecule has 1 aromatic carbocycles. The second-order valence-electron chi connectivity index (χ2n) is 9.60. The summed E-state index contributed by atoms with van der Waals surface area (Å²) in [6, 6.07) is 7.10. The van der Waals surface area contributed by atoms with Crippen molar-refractivity contribution in [3.05, 3.63) is 47.5 Å². The third kappa shape index (κ3) is 6.66. The van der Waals surface area contributed by atoms with E-state index in [4.69, 9.17) is 5.26 Å². The molecule has 3 rings (SSSR count). The van der Waals surface area contributed by atoms with Crippen LogP contribution in [0.3, 0.4) is 0 Å². The number of halogens is 2. The lowest BCUT2D eigenvalue weighted by Crippen LogP contribution is -2.25. The number of hydrogen-bond acceptors (Lipinski definition) is 1. The Morgan fingerprint density at radius 2 is 1.57 bits per heavy atom. The minimum absolute atomic E-state index is 0.151. The van der Waals surface area contributed by atoms with Crippen molar-refractivity contribution < 1.29 is 8.78 Å². The van der Waals surface area contributed by atoms with Crippen molar-refractivity contribution >= 4 is 0 Å². The molecule has 0 aliphatic heterocycles. The van der Waals surface area contributed by atoms with Crippen LogP contribution in [0.1, 0.15) is 107 Å². The van der Waals surface area contributed by atoms with Gasteiger partial charge in [0.1, 0.15) is 11.9 Å². The highest BCUT2D eigenvalue weighted by atomic mass is 19.1. The van der Waals surface area contributed by atoms with E-state index in [1.54, 1.807) is 18.2 Å². The van der Waals surface area contributed by atoms with Crippen molar-refractivity contribution in [1.82, 2.24) is 0 Å². The van der Waals surface area contributed by atoms with Crippen molar-refractivity contribution in [3.8, 4) is 6.07 Å². The molecular formula is C27H37F2N. The fourth-order valence-corrected chi connectivity index (χ4v) is 5.86. The van der Waals surface area contributed by atoms with Gasteiger partial charge in [-0.05, 0) is 92.7 Å². The topological polar surface area (TPSA) is 23.8 Å². The molecule has 164 valence electrons. The smallest absolute Gasteiger partial charge is 0.141 e. The van der Waals surface area contributed by atoms with E-state index < -0.39 is 0 Å². The normalized spacial score (nSPS) is 27.2. The molecule has 0 saturated heterocycles. The molecule has 2 aliphatic carbocycles. The zero-order chi connectivity index (χ0) is 21.2. The van der Waals surface area contributed by atoms with E-state index in [-0.39, 0.29) is 11.4 Å². The number of benzene rings is 1. The highest BCUT2D eigenvalue weighted by Crippen LogP contribution is 2.44. The maximum atomic E-state index is 14.0. The Balaban J connectivity index is 1.33. The first-order valence-electron chi connectivity index (χ1n) is 12.2. The van der Waals surface area contributed by atoms with Crippen LogP contribution >= 0.6 is 0 Å². The highest BCUT2D eigenvalue weighted by Gasteiger charge is 2.31. The predicted molar refractivity (Wildman–Crippen MR) is 119 cm³/mol. The van der Waals surface area contributed by atoms with Crippen LogP contribution in [-0.2, 0) is 0 Å². The van der Waals surface area contributed by atoms with E-state index in [1.807, 2.05) is 12.1 Å². The van der Waals surface area contributed by atoms with Gasteiger partial charge in [-0.25, -0.2) is 8.78 Å². The van der Waals surface area contributed by atoms with Gasteiger partial charge in [0.25, 0.3) is 0 Å². The molecule has 0 spiro atoms. The maximum absolute atomic E-state index is 14.0. The molecule has 0 N–H and O–H groups in total. The standard InChI is InChI=1S/C27H37F2N/c28-18-6-4-2-1-3-5-7-21-8-10-22(11-9-21)23-12-14-24(15-13-23)25-16-17-26(20-30)27(29)19-25/h6,16-19,21-24H,1-5,7-15H2/t21-,22-,23-,24-. The summed E-state index contributed by atoms with van der Waals surface area (Å²) in [5, 5.41) is 8.91. The van der Waals surface area contributed by atoms with E-state index in [1.165, 1.54) is 64.2 Å². The van der Waals surface area contributed by atoms with Crippen LogP contribution in [-0.4, -0.2) is 0 Å². The second kappa shape index (κ2) is 12.2. The largest absolute Gasteiger partial charge is 0.216 e. The third-order valence-corrected chi connectivity index (χ3v) is 7.74. The molecule has 0 radical (unpaired) electrons. The van der Waals surface area contributed by atoms with Gasteiger partial charge in [-0.15, -0.1) is 0 Å². The Labute approximate surface area is 181 Å². The van der Waals surface area contributed by atoms with Gasteiger partial charge in [0.05, 0.1) is 11.9 Å². The number of nitrogens with zero attached hydrogens (tertiary/aromatic N) is 1. The predicted octanol–water partition coefficient (Wildman–Crippen LogP) is 8.60. The Morgan fingerprint density at radius 3 is 2.20 bits per heavy atom. The SMILES string of the molecule is N#Cc1ccc([C@H]2CC[C@H]([C@H]3CC[C@H](CCCCCCC=CF)CC3)CC2)cc1F. The molecular weight excluding hydrogens is 376 g/mol. The van der Waals surface area contributed by atoms with Crippen molar-refractivity contribution in [1.29, 1.82) is 5.26 Å². The zero-order valence-electron chi connectivity index (χ0n) is 18.3. The van der Waals surface area contributed by atoms with Gasteiger partial charge in [-0.3, -0.25) is 0 Å². The average molecular weight is 414 g/mol. The van der Waals surface area contributed by atoms with Gasteiger partial charge in [0.15, 0.2) is 0 Å². The van der Waals surface area contributed by atoms with Crippen LogP contribution in [0.15, 0.2) is 30.6 Å². The molecule has 30 heavy (non-hydrogen) atoms. The van der Waals surface area contributed by atoms with Crippen LogP contribution in [0.5, 0.6) is 0 Å². The molecule has 1 nitrogen and oxygen atoms in total. The van der Waals surface area contributed by atoms with Crippen molar-refractivity contribution in [2.75, 3.05) is 0 Å². The van der Waals surface area contributed by atoms with Crippen LogP contribution in [0.2, 0.25) is 0 Å². The molecule has 0 atom stereocenters. The summed E-state index contributed by atoms with van der Waals surface area (Å²) >= 11 is 0. The quantitative estimate of drug-likeness (QED) is 0.372. The third-order valence-electron chi connectivity index (χ3n) is 7.74. The molecule has 0 amide bonds. The Hall–Kier alpha value is -1.69. The van der Waals surface area contributed by atoms with Crippen LogP contribution in [0, 0.1) is 34.9 Å². The average Bonchev–Trinajstić information content (AvgIpc) is 2.79. The van der Waals surface area contributed by atoms with Gasteiger partial charge >= 0.3 is 0 Å². The van der Waals surface area contributed by atoms with Gasteiger partial charge < -0.3 is 0 Å². The summed E-state index contributed by atoms with van der Waals surface area (Å²) in [6.45, 7) is 0. The lowest BCUT2D eigenvalue weighted by atomic mass is 9.68. The van der Waals surface area contributed by atoms with Crippen molar-refractivity contribution in [3.63, 3.8) is 0 Å². The first-order chi connectivity index (χ1) is 14.7. The molecule has 0 bridgehead atoms. The van der Waals surface area contributed by atoms with Crippen LogP contribution in [0.25, 0.3) is 0 Å². The molecule has 2 fully saturated rings. The number of allylic oxidation sites excluding steroid dienone is 1. The van der Waals surface area contributed by atoms with Crippen molar-refractivity contribution in [2.45, 2.75) is 95.8 Å². The molecule has 0 aromatic heterocycles. The summed E-state index contributed by atoms with van der Waals surface area (Å²) in [7, 11) is 0. The molecule has 2 saturated carbocycles. The zero-order valence-corrected chi connectivity index (χ0v) is 18.3. The Kier molecular flexibility index (Phi) is 9.37. The Morgan fingerprint density at radius 1 is 0.900 bits per heavy atom. The fraction of sp³-hybridized carbons (Fsp3) is 0.667. The second-order valence-corrected chi connectivity index (χ2v) is 9.60. The minimum atomic E-state index is -0.368. The molecule has 3 heteroatoms. The van der Waals surface area contributed by atoms with Crippen LogP contribution in [0.4, 0.5) is 8.78 Å². The molecule has 0 heterocycles. The highest BCUT2D eigenvalue weighted by molar-refractivity contribution is 5.34. The lowest BCUT2D eigenvalue weighted by molar-refractivity contribution is 0.155. The summed E-state index contributed by atoms with van der Waals surface area (Å²) in [5.74, 6) is 2.76. The summed E-state index contributed by atoms with van der Waals surface area (Å²) in [6.07, 6.45) is 20.0. The van der Waals surface area contributed by atoms with E-state index >= 15 is 0 Å². The fourth-order valence-electron chi connectivity index (χ4n) is 5.86. The lowest BCUT2D eigenvalue weighted by Gasteiger charge is -2.38. The van der Waals surface area contributed by atoms with Crippen LogP contribution < -0.4 is 0 Å². The van der Waals surface area contributed by atoms with Crippen molar-refractivity contribution in [2.24, 2.45) is 17.8 Å². The van der Waals surface area contributed by atoms with Gasteiger partial charge in [0.2, 0.25) is 0 Å². The number of rotatable bonds is 9. The number of unbranched alkanes of at least 4 members (excludes halogenated alkanes) is 4. The summed E-state index contributed by atoms with van der Waals surface area (Å²) in [4.78, 5) is 0. The van der Waals surface area contributed by atoms with Gasteiger partial charge in [-0.1, -0.05) is 50.7 Å². The Bertz CT molecular complexity index is 704. The van der Waals surface area contributed by atoms with E-state index in [0.717, 1.165) is 49.0 Å². The number of nitriles is 1. The van der Waals surface area contributed by atoms with Gasteiger partial charge in [0, 0.05) is 0 Å². The molecule has 0 unspecified atom stereocenters. The first kappa shape index (κ1) is 23.0. The molecule has 2 aliphatic rings. The van der Waals surface area contributed by atoms with E-state index in [0.29, 0.717) is 12.2 Å². The number of hydrogen-bond donors (Lipinski definition) is 0. The van der Waals surface area contributed by atoms with E-state index in [2.05, 4.69) is 0 Å². The van der Waals surface area contributed by atoms with Gasteiger partial charge in [-0.2, -0.15) is 5.26 Å². The summed E-state index contributed by atoms with van der Waals surface area (Å²) in [5.41, 5.74) is 1.23.